The zero-order chi connectivity index (χ0) is 14.7. The van der Waals surface area contributed by atoms with Crippen molar-refractivity contribution in [2.75, 3.05) is 12.4 Å². The Hall–Kier alpha value is -2.08. The zero-order valence-corrected chi connectivity index (χ0v) is 12.6. The van der Waals surface area contributed by atoms with Crippen LogP contribution in [0.5, 0.6) is 5.75 Å². The molecular weight excluding hydrogens is 324 g/mol. The molecule has 0 atom stereocenters. The highest BCUT2D eigenvalue weighted by Gasteiger charge is 2.14. The van der Waals surface area contributed by atoms with E-state index in [1.165, 1.54) is 11.7 Å². The number of aromatic nitrogens is 1. The van der Waals surface area contributed by atoms with E-state index >= 15 is 0 Å². The number of methoxy groups -OCH3 is 1. The lowest BCUT2D eigenvalue weighted by Gasteiger charge is -2.10. The average molecular weight is 337 g/mol. The Labute approximate surface area is 124 Å². The van der Waals surface area contributed by atoms with Crippen molar-refractivity contribution in [3.8, 4) is 5.75 Å². The third-order valence-electron chi connectivity index (χ3n) is 2.75. The van der Waals surface area contributed by atoms with E-state index in [1.54, 1.807) is 43.6 Å². The second-order valence-corrected chi connectivity index (χ2v) is 5.06. The molecule has 0 aliphatic carbocycles. The molecule has 104 valence electrons. The topological polar surface area (TPSA) is 60.3 Å². The summed E-state index contributed by atoms with van der Waals surface area (Å²) in [6.07, 6.45) is 1.63. The molecule has 0 spiro atoms. The summed E-state index contributed by atoms with van der Waals surface area (Å²) in [4.78, 5) is 24.2. The zero-order valence-electron chi connectivity index (χ0n) is 11.0. The standard InChI is InChI=1S/C14H13BrN2O3/c1-17-8-9(15)7-11(14(17)19)16-13(18)10-5-3-4-6-12(10)20-2/h3-8H,1-2H3,(H,16,18). The average Bonchev–Trinajstić information content (AvgIpc) is 2.44. The molecule has 0 aliphatic rings. The lowest BCUT2D eigenvalue weighted by molar-refractivity contribution is 0.102. The number of pyridine rings is 1. The van der Waals surface area contributed by atoms with Gasteiger partial charge in [0.05, 0.1) is 12.7 Å². The van der Waals surface area contributed by atoms with Gasteiger partial charge in [0.25, 0.3) is 11.5 Å². The minimum Gasteiger partial charge on any atom is -0.496 e. The number of amides is 1. The van der Waals surface area contributed by atoms with E-state index in [4.69, 9.17) is 4.74 Å². The summed E-state index contributed by atoms with van der Waals surface area (Å²) >= 11 is 3.29. The number of carbonyl (C=O) groups is 1. The van der Waals surface area contributed by atoms with Crippen molar-refractivity contribution in [3.05, 3.63) is 56.9 Å². The van der Waals surface area contributed by atoms with Crippen molar-refractivity contribution >= 4 is 27.5 Å². The van der Waals surface area contributed by atoms with E-state index in [0.29, 0.717) is 15.8 Å². The Morgan fingerprint density at radius 2 is 2.05 bits per heavy atom. The molecule has 0 radical (unpaired) electrons. The minimum absolute atomic E-state index is 0.206. The van der Waals surface area contributed by atoms with Crippen molar-refractivity contribution in [2.45, 2.75) is 0 Å². The van der Waals surface area contributed by atoms with Crippen LogP contribution in [-0.2, 0) is 7.05 Å². The molecule has 0 unspecified atom stereocenters. The number of aryl methyl sites for hydroxylation is 1. The fourth-order valence-corrected chi connectivity index (χ4v) is 2.32. The van der Waals surface area contributed by atoms with Crippen LogP contribution in [0.15, 0.2) is 45.8 Å². The number of ether oxygens (including phenoxy) is 1. The summed E-state index contributed by atoms with van der Waals surface area (Å²) in [7, 11) is 3.11. The summed E-state index contributed by atoms with van der Waals surface area (Å²) in [5.41, 5.74) is 0.297. The summed E-state index contributed by atoms with van der Waals surface area (Å²) < 4.78 is 7.22. The highest BCUT2D eigenvalue weighted by atomic mass is 79.9. The molecule has 0 aliphatic heterocycles. The first-order valence-electron chi connectivity index (χ1n) is 5.83. The summed E-state index contributed by atoms with van der Waals surface area (Å²) in [6.45, 7) is 0. The number of para-hydroxylation sites is 1. The van der Waals surface area contributed by atoms with Gasteiger partial charge in [0, 0.05) is 17.7 Å². The number of hydrogen-bond acceptors (Lipinski definition) is 3. The van der Waals surface area contributed by atoms with E-state index in [2.05, 4.69) is 21.2 Å². The maximum Gasteiger partial charge on any atom is 0.274 e. The molecule has 1 aromatic carbocycles. The van der Waals surface area contributed by atoms with Gasteiger partial charge in [0.2, 0.25) is 0 Å². The lowest BCUT2D eigenvalue weighted by Crippen LogP contribution is -2.24. The lowest BCUT2D eigenvalue weighted by atomic mass is 10.2. The molecule has 2 rings (SSSR count). The Balaban J connectivity index is 2.35. The molecule has 0 fully saturated rings. The maximum absolute atomic E-state index is 12.2. The number of carbonyl (C=O) groups excluding carboxylic acids is 1. The van der Waals surface area contributed by atoms with Gasteiger partial charge in [-0.25, -0.2) is 0 Å². The molecule has 20 heavy (non-hydrogen) atoms. The van der Waals surface area contributed by atoms with E-state index < -0.39 is 5.91 Å². The number of nitrogens with zero attached hydrogens (tertiary/aromatic N) is 1. The van der Waals surface area contributed by atoms with Gasteiger partial charge in [0.1, 0.15) is 11.4 Å². The van der Waals surface area contributed by atoms with Crippen molar-refractivity contribution in [1.29, 1.82) is 0 Å². The number of rotatable bonds is 3. The van der Waals surface area contributed by atoms with Gasteiger partial charge in [0.15, 0.2) is 0 Å². The largest absolute Gasteiger partial charge is 0.496 e. The summed E-state index contributed by atoms with van der Waals surface area (Å²) in [6, 6.07) is 8.39. The van der Waals surface area contributed by atoms with Crippen LogP contribution in [0.1, 0.15) is 10.4 Å². The molecule has 2 aromatic rings. The Bertz CT molecular complexity index is 710. The van der Waals surface area contributed by atoms with Gasteiger partial charge in [-0.15, -0.1) is 0 Å². The van der Waals surface area contributed by atoms with Gasteiger partial charge in [-0.3, -0.25) is 9.59 Å². The van der Waals surface area contributed by atoms with Gasteiger partial charge < -0.3 is 14.6 Å². The number of nitrogens with one attached hydrogen (secondary N) is 1. The minimum atomic E-state index is -0.391. The first-order chi connectivity index (χ1) is 9.52. The monoisotopic (exact) mass is 336 g/mol. The molecule has 0 saturated carbocycles. The molecule has 0 bridgehead atoms. The predicted molar refractivity (Wildman–Crippen MR) is 80.3 cm³/mol. The van der Waals surface area contributed by atoms with Crippen LogP contribution >= 0.6 is 15.9 Å². The first kappa shape index (κ1) is 14.3. The van der Waals surface area contributed by atoms with Crippen molar-refractivity contribution in [1.82, 2.24) is 4.57 Å². The third kappa shape index (κ3) is 2.91. The predicted octanol–water partition coefficient (Wildman–Crippen LogP) is 2.41. The van der Waals surface area contributed by atoms with Gasteiger partial charge in [-0.1, -0.05) is 12.1 Å². The smallest absolute Gasteiger partial charge is 0.274 e. The van der Waals surface area contributed by atoms with Crippen LogP contribution in [0.2, 0.25) is 0 Å². The SMILES string of the molecule is COc1ccccc1C(=O)Nc1cc(Br)cn(C)c1=O. The Morgan fingerprint density at radius 1 is 1.35 bits per heavy atom. The van der Waals surface area contributed by atoms with Crippen molar-refractivity contribution in [2.24, 2.45) is 7.05 Å². The van der Waals surface area contributed by atoms with Crippen LogP contribution < -0.4 is 15.6 Å². The number of benzene rings is 1. The molecule has 6 heteroatoms. The number of anilines is 1. The molecule has 1 N–H and O–H groups in total. The normalized spacial score (nSPS) is 10.2. The third-order valence-corrected chi connectivity index (χ3v) is 3.18. The first-order valence-corrected chi connectivity index (χ1v) is 6.62. The molecular formula is C14H13BrN2O3. The second-order valence-electron chi connectivity index (χ2n) is 4.14. The number of hydrogen-bond donors (Lipinski definition) is 1. The summed E-state index contributed by atoms with van der Waals surface area (Å²) in [5.74, 6) is 0.0643. The Kier molecular flexibility index (Phi) is 4.24. The van der Waals surface area contributed by atoms with E-state index in [-0.39, 0.29) is 11.2 Å². The van der Waals surface area contributed by atoms with Crippen molar-refractivity contribution in [3.63, 3.8) is 0 Å². The van der Waals surface area contributed by atoms with Crippen LogP contribution in [0.4, 0.5) is 5.69 Å². The maximum atomic E-state index is 12.2. The molecule has 5 nitrogen and oxygen atoms in total. The van der Waals surface area contributed by atoms with Crippen LogP contribution in [0.25, 0.3) is 0 Å². The quantitative estimate of drug-likeness (QED) is 0.936. The Morgan fingerprint density at radius 3 is 2.75 bits per heavy atom. The van der Waals surface area contributed by atoms with Crippen LogP contribution in [0.3, 0.4) is 0 Å². The highest BCUT2D eigenvalue weighted by molar-refractivity contribution is 9.10. The molecule has 1 heterocycles. The van der Waals surface area contributed by atoms with Crippen molar-refractivity contribution < 1.29 is 9.53 Å². The van der Waals surface area contributed by atoms with E-state index in [1.807, 2.05) is 0 Å². The van der Waals surface area contributed by atoms with Crippen LogP contribution in [-0.4, -0.2) is 17.6 Å². The van der Waals surface area contributed by atoms with E-state index in [0.717, 1.165) is 0 Å². The number of halogens is 1. The van der Waals surface area contributed by atoms with E-state index in [9.17, 15) is 9.59 Å². The second kappa shape index (κ2) is 5.92. The molecule has 0 saturated heterocycles. The molecule has 1 amide bonds. The van der Waals surface area contributed by atoms with Gasteiger partial charge >= 0.3 is 0 Å². The fraction of sp³-hybridized carbons (Fsp3) is 0.143. The molecule has 1 aromatic heterocycles. The van der Waals surface area contributed by atoms with Gasteiger partial charge in [-0.05, 0) is 34.1 Å². The fourth-order valence-electron chi connectivity index (χ4n) is 1.78. The highest BCUT2D eigenvalue weighted by Crippen LogP contribution is 2.19. The van der Waals surface area contributed by atoms with Crippen LogP contribution in [0, 0.1) is 0 Å². The summed E-state index contributed by atoms with van der Waals surface area (Å²) in [5, 5.41) is 2.60. The van der Waals surface area contributed by atoms with Gasteiger partial charge in [-0.2, -0.15) is 0 Å².